The van der Waals surface area contributed by atoms with E-state index in [1.807, 2.05) is 0 Å². The number of amides is 1. The van der Waals surface area contributed by atoms with Crippen LogP contribution in [0, 0.1) is 12.8 Å². The van der Waals surface area contributed by atoms with Crippen molar-refractivity contribution in [3.05, 3.63) is 40.2 Å². The SMILES string of the molecule is Cc1cc(=O)oc2cc(O[C@H](C)C(=O)N[C@H](C(=O)O)C(C)C)ccc12. The summed E-state index contributed by atoms with van der Waals surface area (Å²) in [6.45, 7) is 6.73. The molecule has 0 radical (unpaired) electrons. The number of hydrogen-bond acceptors (Lipinski definition) is 5. The van der Waals surface area contributed by atoms with E-state index >= 15 is 0 Å². The van der Waals surface area contributed by atoms with Gasteiger partial charge in [-0.05, 0) is 37.5 Å². The molecule has 7 nitrogen and oxygen atoms in total. The highest BCUT2D eigenvalue weighted by Gasteiger charge is 2.26. The highest BCUT2D eigenvalue weighted by molar-refractivity contribution is 5.86. The molecular formula is C18H21NO6. The Hall–Kier alpha value is -2.83. The molecule has 134 valence electrons. The molecule has 7 heteroatoms. The first-order valence-electron chi connectivity index (χ1n) is 7.93. The van der Waals surface area contributed by atoms with Crippen LogP contribution in [0.3, 0.4) is 0 Å². The molecule has 2 rings (SSSR count). The first-order chi connectivity index (χ1) is 11.7. The average Bonchev–Trinajstić information content (AvgIpc) is 2.50. The molecule has 0 aliphatic rings. The van der Waals surface area contributed by atoms with Crippen LogP contribution in [0.25, 0.3) is 11.0 Å². The molecule has 2 N–H and O–H groups in total. The molecule has 1 amide bonds. The predicted molar refractivity (Wildman–Crippen MR) is 91.7 cm³/mol. The van der Waals surface area contributed by atoms with E-state index in [9.17, 15) is 14.4 Å². The summed E-state index contributed by atoms with van der Waals surface area (Å²) in [6, 6.07) is 5.34. The molecule has 0 aliphatic heterocycles. The molecule has 0 unspecified atom stereocenters. The van der Waals surface area contributed by atoms with E-state index in [0.29, 0.717) is 11.3 Å². The van der Waals surface area contributed by atoms with Gasteiger partial charge in [0.25, 0.3) is 5.91 Å². The molecule has 0 fully saturated rings. The second-order valence-corrected chi connectivity index (χ2v) is 6.24. The summed E-state index contributed by atoms with van der Waals surface area (Å²) in [5.41, 5.74) is 0.680. The molecule has 0 saturated carbocycles. The summed E-state index contributed by atoms with van der Waals surface area (Å²) < 4.78 is 10.7. The maximum atomic E-state index is 12.2. The van der Waals surface area contributed by atoms with Gasteiger partial charge in [-0.15, -0.1) is 0 Å². The number of carbonyl (C=O) groups excluding carboxylic acids is 1. The zero-order valence-corrected chi connectivity index (χ0v) is 14.5. The predicted octanol–water partition coefficient (Wildman–Crippen LogP) is 2.09. The van der Waals surface area contributed by atoms with Crippen LogP contribution in [-0.4, -0.2) is 29.1 Å². The van der Waals surface area contributed by atoms with Crippen LogP contribution in [0.2, 0.25) is 0 Å². The number of carbonyl (C=O) groups is 2. The van der Waals surface area contributed by atoms with Crippen molar-refractivity contribution in [1.29, 1.82) is 0 Å². The summed E-state index contributed by atoms with van der Waals surface area (Å²) in [5.74, 6) is -1.54. The zero-order valence-electron chi connectivity index (χ0n) is 14.5. The maximum Gasteiger partial charge on any atom is 0.336 e. The number of rotatable bonds is 6. The van der Waals surface area contributed by atoms with Crippen molar-refractivity contribution in [2.24, 2.45) is 5.92 Å². The van der Waals surface area contributed by atoms with Crippen LogP contribution in [0.4, 0.5) is 0 Å². The van der Waals surface area contributed by atoms with Crippen molar-refractivity contribution in [2.45, 2.75) is 39.8 Å². The fourth-order valence-electron chi connectivity index (χ4n) is 2.42. The van der Waals surface area contributed by atoms with Gasteiger partial charge in [0.15, 0.2) is 6.10 Å². The maximum absolute atomic E-state index is 12.2. The van der Waals surface area contributed by atoms with Gasteiger partial charge < -0.3 is 19.6 Å². The number of benzene rings is 1. The molecular weight excluding hydrogens is 326 g/mol. The Morgan fingerprint density at radius 3 is 2.48 bits per heavy atom. The Morgan fingerprint density at radius 1 is 1.20 bits per heavy atom. The molecule has 25 heavy (non-hydrogen) atoms. The van der Waals surface area contributed by atoms with Gasteiger partial charge in [-0.3, -0.25) is 4.79 Å². The first-order valence-corrected chi connectivity index (χ1v) is 7.93. The van der Waals surface area contributed by atoms with Crippen LogP contribution in [-0.2, 0) is 9.59 Å². The van der Waals surface area contributed by atoms with E-state index in [0.717, 1.165) is 10.9 Å². The number of aliphatic carboxylic acids is 1. The molecule has 2 aromatic rings. The molecule has 0 spiro atoms. The van der Waals surface area contributed by atoms with Gasteiger partial charge in [0.05, 0.1) is 0 Å². The largest absolute Gasteiger partial charge is 0.481 e. The number of nitrogens with one attached hydrogen (secondary N) is 1. The van der Waals surface area contributed by atoms with E-state index in [1.54, 1.807) is 32.9 Å². The number of ether oxygens (including phenoxy) is 1. The van der Waals surface area contributed by atoms with Crippen molar-refractivity contribution in [1.82, 2.24) is 5.32 Å². The summed E-state index contributed by atoms with van der Waals surface area (Å²) >= 11 is 0. The minimum absolute atomic E-state index is 0.258. The number of fused-ring (bicyclic) bond motifs is 1. The minimum atomic E-state index is -1.10. The Bertz CT molecular complexity index is 854. The van der Waals surface area contributed by atoms with E-state index in [4.69, 9.17) is 14.3 Å². The van der Waals surface area contributed by atoms with Gasteiger partial charge in [0.1, 0.15) is 17.4 Å². The van der Waals surface area contributed by atoms with Crippen LogP contribution in [0.5, 0.6) is 5.75 Å². The topological polar surface area (TPSA) is 106 Å². The number of aryl methyl sites for hydroxylation is 1. The van der Waals surface area contributed by atoms with Gasteiger partial charge >= 0.3 is 11.6 Å². The number of hydrogen-bond donors (Lipinski definition) is 2. The van der Waals surface area contributed by atoms with Gasteiger partial charge in [-0.2, -0.15) is 0 Å². The Labute approximate surface area is 144 Å². The molecule has 0 aliphatic carbocycles. The lowest BCUT2D eigenvalue weighted by Gasteiger charge is -2.21. The Kier molecular flexibility index (Phi) is 5.46. The first kappa shape index (κ1) is 18.5. The van der Waals surface area contributed by atoms with E-state index in [2.05, 4.69) is 5.32 Å². The summed E-state index contributed by atoms with van der Waals surface area (Å²) in [4.78, 5) is 34.8. The van der Waals surface area contributed by atoms with E-state index in [1.165, 1.54) is 19.1 Å². The molecule has 0 bridgehead atoms. The Balaban J connectivity index is 2.15. The third-order valence-electron chi connectivity index (χ3n) is 3.84. The summed E-state index contributed by atoms with van der Waals surface area (Å²) in [6.07, 6.45) is -0.908. The number of carboxylic acids is 1. The molecule has 1 aromatic carbocycles. The normalized spacial score (nSPS) is 13.5. The third kappa shape index (κ3) is 4.37. The third-order valence-corrected chi connectivity index (χ3v) is 3.84. The van der Waals surface area contributed by atoms with Crippen molar-refractivity contribution in [2.75, 3.05) is 0 Å². The molecule has 0 saturated heterocycles. The van der Waals surface area contributed by atoms with Crippen molar-refractivity contribution < 1.29 is 23.8 Å². The van der Waals surface area contributed by atoms with Crippen LogP contribution >= 0.6 is 0 Å². The lowest BCUT2D eigenvalue weighted by molar-refractivity contribution is -0.144. The standard InChI is InChI=1S/C18H21NO6/c1-9(2)16(18(22)23)19-17(21)11(4)24-12-5-6-13-10(3)7-15(20)25-14(13)8-12/h5-9,11,16H,1-4H3,(H,19,21)(H,22,23)/t11-,16+/m1/s1. The molecule has 2 atom stereocenters. The zero-order chi connectivity index (χ0) is 18.7. The fraction of sp³-hybridized carbons (Fsp3) is 0.389. The smallest absolute Gasteiger partial charge is 0.336 e. The lowest BCUT2D eigenvalue weighted by Crippen LogP contribution is -2.48. The van der Waals surface area contributed by atoms with Crippen molar-refractivity contribution in [3.8, 4) is 5.75 Å². The number of carboxylic acid groups (broad SMARTS) is 1. The molecule has 1 heterocycles. The van der Waals surface area contributed by atoms with Crippen molar-refractivity contribution in [3.63, 3.8) is 0 Å². The van der Waals surface area contributed by atoms with Gasteiger partial charge in [-0.25, -0.2) is 9.59 Å². The minimum Gasteiger partial charge on any atom is -0.481 e. The van der Waals surface area contributed by atoms with Crippen LogP contribution < -0.4 is 15.7 Å². The lowest BCUT2D eigenvalue weighted by atomic mass is 10.0. The van der Waals surface area contributed by atoms with Gasteiger partial charge in [0.2, 0.25) is 0 Å². The Morgan fingerprint density at radius 2 is 1.88 bits per heavy atom. The van der Waals surface area contributed by atoms with Crippen LogP contribution in [0.15, 0.2) is 33.5 Å². The fourth-order valence-corrected chi connectivity index (χ4v) is 2.42. The van der Waals surface area contributed by atoms with Gasteiger partial charge in [0, 0.05) is 17.5 Å². The average molecular weight is 347 g/mol. The van der Waals surface area contributed by atoms with Crippen LogP contribution in [0.1, 0.15) is 26.3 Å². The van der Waals surface area contributed by atoms with Gasteiger partial charge in [-0.1, -0.05) is 13.8 Å². The second-order valence-electron chi connectivity index (χ2n) is 6.24. The second kappa shape index (κ2) is 7.38. The highest BCUT2D eigenvalue weighted by atomic mass is 16.5. The highest BCUT2D eigenvalue weighted by Crippen LogP contribution is 2.23. The molecule has 1 aromatic heterocycles. The van der Waals surface area contributed by atoms with E-state index in [-0.39, 0.29) is 5.92 Å². The summed E-state index contributed by atoms with van der Waals surface area (Å²) in [5, 5.41) is 12.4. The van der Waals surface area contributed by atoms with E-state index < -0.39 is 29.6 Å². The monoisotopic (exact) mass is 347 g/mol. The summed E-state index contributed by atoms with van der Waals surface area (Å²) in [7, 11) is 0. The van der Waals surface area contributed by atoms with Crippen molar-refractivity contribution >= 4 is 22.8 Å². The quantitative estimate of drug-likeness (QED) is 0.775.